The Hall–Kier alpha value is -1.59. The normalized spacial score (nSPS) is 21.3. The van der Waals surface area contributed by atoms with Crippen molar-refractivity contribution in [3.63, 3.8) is 0 Å². The molecule has 0 aromatic heterocycles. The minimum atomic E-state index is -0.747. The van der Waals surface area contributed by atoms with Crippen LogP contribution >= 0.6 is 0 Å². The van der Waals surface area contributed by atoms with Crippen molar-refractivity contribution in [2.24, 2.45) is 11.1 Å². The fraction of sp³-hybridized carbons (Fsp3) is 0.588. The minimum Gasteiger partial charge on any atom is -0.443 e. The Bertz CT molecular complexity index is 484. The van der Waals surface area contributed by atoms with Crippen molar-refractivity contribution >= 4 is 6.09 Å². The number of carbonyl (C=O) groups is 1. The highest BCUT2D eigenvalue weighted by Crippen LogP contribution is 2.28. The highest BCUT2D eigenvalue weighted by atomic mass is 16.6. The van der Waals surface area contributed by atoms with Gasteiger partial charge in [-0.3, -0.25) is 4.90 Å². The van der Waals surface area contributed by atoms with E-state index in [0.29, 0.717) is 6.61 Å². The van der Waals surface area contributed by atoms with E-state index in [4.69, 9.17) is 15.2 Å². The summed E-state index contributed by atoms with van der Waals surface area (Å²) in [5.41, 5.74) is 6.27. The van der Waals surface area contributed by atoms with Crippen LogP contribution in [0.3, 0.4) is 0 Å². The molecule has 0 aliphatic carbocycles. The SMILES string of the molecule is CC(C)(C)C(OC(N)=O)C1CN(Cc2ccccc2)CCO1. The van der Waals surface area contributed by atoms with Crippen molar-refractivity contribution in [1.29, 1.82) is 0 Å². The van der Waals surface area contributed by atoms with Crippen LogP contribution in [0.2, 0.25) is 0 Å². The van der Waals surface area contributed by atoms with Gasteiger partial charge in [0, 0.05) is 25.0 Å². The second-order valence-electron chi connectivity index (χ2n) is 6.85. The number of amides is 1. The Kier molecular flexibility index (Phi) is 5.42. The van der Waals surface area contributed by atoms with E-state index in [0.717, 1.165) is 19.6 Å². The molecule has 1 saturated heterocycles. The molecule has 2 unspecified atom stereocenters. The van der Waals surface area contributed by atoms with Gasteiger partial charge in [0.1, 0.15) is 12.2 Å². The summed E-state index contributed by atoms with van der Waals surface area (Å²) in [6.07, 6.45) is -1.27. The summed E-state index contributed by atoms with van der Waals surface area (Å²) in [6.45, 7) is 9.18. The summed E-state index contributed by atoms with van der Waals surface area (Å²) in [5, 5.41) is 0. The van der Waals surface area contributed by atoms with Gasteiger partial charge in [-0.1, -0.05) is 51.1 Å². The Balaban J connectivity index is 2.03. The van der Waals surface area contributed by atoms with Gasteiger partial charge in [-0.15, -0.1) is 0 Å². The molecule has 5 nitrogen and oxygen atoms in total. The fourth-order valence-electron chi connectivity index (χ4n) is 2.84. The lowest BCUT2D eigenvalue weighted by molar-refractivity contribution is -0.122. The maximum absolute atomic E-state index is 11.2. The zero-order chi connectivity index (χ0) is 16.2. The first kappa shape index (κ1) is 16.8. The van der Waals surface area contributed by atoms with E-state index in [1.807, 2.05) is 39.0 Å². The molecule has 0 spiro atoms. The monoisotopic (exact) mass is 306 g/mol. The molecule has 1 amide bonds. The van der Waals surface area contributed by atoms with Gasteiger partial charge in [0.2, 0.25) is 0 Å². The van der Waals surface area contributed by atoms with Gasteiger partial charge in [-0.25, -0.2) is 4.79 Å². The smallest absolute Gasteiger partial charge is 0.404 e. The zero-order valence-corrected chi connectivity index (χ0v) is 13.6. The Morgan fingerprint density at radius 3 is 2.68 bits per heavy atom. The van der Waals surface area contributed by atoms with Crippen molar-refractivity contribution in [3.05, 3.63) is 35.9 Å². The molecule has 0 radical (unpaired) electrons. The van der Waals surface area contributed by atoms with E-state index in [1.54, 1.807) is 0 Å². The lowest BCUT2D eigenvalue weighted by Crippen LogP contribution is -2.53. The maximum Gasteiger partial charge on any atom is 0.404 e. The zero-order valence-electron chi connectivity index (χ0n) is 13.6. The first-order valence-corrected chi connectivity index (χ1v) is 7.70. The molecule has 1 aromatic rings. The van der Waals surface area contributed by atoms with Gasteiger partial charge >= 0.3 is 6.09 Å². The minimum absolute atomic E-state index is 0.162. The maximum atomic E-state index is 11.2. The predicted molar refractivity (Wildman–Crippen MR) is 85.4 cm³/mol. The van der Waals surface area contributed by atoms with E-state index >= 15 is 0 Å². The summed E-state index contributed by atoms with van der Waals surface area (Å²) in [7, 11) is 0. The van der Waals surface area contributed by atoms with Gasteiger partial charge in [0.15, 0.2) is 0 Å². The summed E-state index contributed by atoms with van der Waals surface area (Å²) < 4.78 is 11.2. The fourth-order valence-corrected chi connectivity index (χ4v) is 2.84. The van der Waals surface area contributed by atoms with E-state index in [2.05, 4.69) is 17.0 Å². The van der Waals surface area contributed by atoms with Gasteiger partial charge < -0.3 is 15.2 Å². The van der Waals surface area contributed by atoms with Crippen LogP contribution in [-0.2, 0) is 16.0 Å². The predicted octanol–water partition coefficient (Wildman–Crippen LogP) is 2.40. The molecule has 1 heterocycles. The van der Waals surface area contributed by atoms with Crippen LogP contribution in [0.4, 0.5) is 4.79 Å². The van der Waals surface area contributed by atoms with Crippen molar-refractivity contribution in [2.75, 3.05) is 19.7 Å². The van der Waals surface area contributed by atoms with Crippen LogP contribution in [0, 0.1) is 5.41 Å². The number of primary amides is 1. The number of nitrogens with zero attached hydrogens (tertiary/aromatic N) is 1. The number of nitrogens with two attached hydrogens (primary N) is 1. The molecule has 122 valence electrons. The average Bonchev–Trinajstić information content (AvgIpc) is 2.45. The quantitative estimate of drug-likeness (QED) is 0.927. The molecule has 1 aliphatic rings. The van der Waals surface area contributed by atoms with Crippen molar-refractivity contribution in [3.8, 4) is 0 Å². The average molecular weight is 306 g/mol. The summed E-state index contributed by atoms with van der Waals surface area (Å²) >= 11 is 0. The number of rotatable bonds is 4. The van der Waals surface area contributed by atoms with Gasteiger partial charge in [-0.2, -0.15) is 0 Å². The van der Waals surface area contributed by atoms with Crippen LogP contribution in [0.15, 0.2) is 30.3 Å². The second kappa shape index (κ2) is 7.11. The highest BCUT2D eigenvalue weighted by molar-refractivity contribution is 5.65. The highest BCUT2D eigenvalue weighted by Gasteiger charge is 2.38. The van der Waals surface area contributed by atoms with Gasteiger partial charge in [0.25, 0.3) is 0 Å². The lowest BCUT2D eigenvalue weighted by atomic mass is 9.85. The van der Waals surface area contributed by atoms with Gasteiger partial charge in [0.05, 0.1) is 6.61 Å². The number of hydrogen-bond acceptors (Lipinski definition) is 4. The Morgan fingerprint density at radius 2 is 2.09 bits per heavy atom. The van der Waals surface area contributed by atoms with E-state index in [9.17, 15) is 4.79 Å². The number of ether oxygens (including phenoxy) is 2. The summed E-state index contributed by atoms with van der Waals surface area (Å²) in [6, 6.07) is 10.3. The molecule has 2 atom stereocenters. The van der Waals surface area contributed by atoms with Crippen LogP contribution in [0.5, 0.6) is 0 Å². The Labute approximate surface area is 132 Å². The van der Waals surface area contributed by atoms with Crippen LogP contribution in [0.25, 0.3) is 0 Å². The van der Waals surface area contributed by atoms with Crippen LogP contribution in [-0.4, -0.2) is 42.9 Å². The third kappa shape index (κ3) is 4.71. The number of benzene rings is 1. The van der Waals surface area contributed by atoms with Crippen LogP contribution < -0.4 is 5.73 Å². The van der Waals surface area contributed by atoms with Crippen LogP contribution in [0.1, 0.15) is 26.3 Å². The summed E-state index contributed by atoms with van der Waals surface area (Å²) in [5.74, 6) is 0. The number of morpholine rings is 1. The largest absolute Gasteiger partial charge is 0.443 e. The molecule has 1 aromatic carbocycles. The summed E-state index contributed by atoms with van der Waals surface area (Å²) in [4.78, 5) is 13.5. The molecule has 1 aliphatic heterocycles. The third-order valence-electron chi connectivity index (χ3n) is 3.86. The third-order valence-corrected chi connectivity index (χ3v) is 3.86. The first-order chi connectivity index (χ1) is 10.4. The molecule has 1 fully saturated rings. The molecular formula is C17H26N2O3. The van der Waals surface area contributed by atoms with E-state index < -0.39 is 6.09 Å². The molecule has 0 saturated carbocycles. The number of hydrogen-bond donors (Lipinski definition) is 1. The van der Waals surface area contributed by atoms with Gasteiger partial charge in [-0.05, 0) is 5.56 Å². The Morgan fingerprint density at radius 1 is 1.41 bits per heavy atom. The topological polar surface area (TPSA) is 64.8 Å². The molecule has 5 heteroatoms. The molecule has 2 rings (SSSR count). The van der Waals surface area contributed by atoms with Crippen molar-refractivity contribution < 1.29 is 14.3 Å². The van der Waals surface area contributed by atoms with E-state index in [-0.39, 0.29) is 17.6 Å². The second-order valence-corrected chi connectivity index (χ2v) is 6.85. The number of carbonyl (C=O) groups excluding carboxylic acids is 1. The first-order valence-electron chi connectivity index (χ1n) is 7.70. The molecule has 22 heavy (non-hydrogen) atoms. The van der Waals surface area contributed by atoms with Crippen molar-refractivity contribution in [1.82, 2.24) is 4.90 Å². The lowest BCUT2D eigenvalue weighted by Gasteiger charge is -2.41. The molecule has 0 bridgehead atoms. The standard InChI is InChI=1S/C17H26N2O3/c1-17(2,3)15(22-16(18)20)14-12-19(9-10-21-14)11-13-7-5-4-6-8-13/h4-8,14-15H,9-12H2,1-3H3,(H2,18,20). The molecular weight excluding hydrogens is 280 g/mol. The van der Waals surface area contributed by atoms with Crippen molar-refractivity contribution in [2.45, 2.75) is 39.5 Å². The van der Waals surface area contributed by atoms with E-state index in [1.165, 1.54) is 5.56 Å². The molecule has 2 N–H and O–H groups in total.